The van der Waals surface area contributed by atoms with Gasteiger partial charge in [-0.25, -0.2) is 0 Å². The molecule has 2 bridgehead atoms. The zero-order valence-corrected chi connectivity index (χ0v) is 12.5. The van der Waals surface area contributed by atoms with Gasteiger partial charge in [0.2, 0.25) is 5.91 Å². The van der Waals surface area contributed by atoms with Crippen LogP contribution < -0.4 is 10.1 Å². The Hall–Kier alpha value is -2.08. The van der Waals surface area contributed by atoms with E-state index in [1.165, 1.54) is 7.11 Å². The molecule has 0 aromatic heterocycles. The number of carbonyl (C=O) groups excluding carboxylic acids is 1. The van der Waals surface area contributed by atoms with Gasteiger partial charge in [0.05, 0.1) is 36.8 Å². The second-order valence-electron chi connectivity index (χ2n) is 5.87. The van der Waals surface area contributed by atoms with Gasteiger partial charge >= 0.3 is 5.97 Å². The fourth-order valence-corrected chi connectivity index (χ4v) is 3.46. The van der Waals surface area contributed by atoms with Gasteiger partial charge in [0, 0.05) is 0 Å². The molecule has 3 rings (SSSR count). The fraction of sp³-hybridized carbons (Fsp3) is 0.500. The number of hydrogen-bond donors (Lipinski definition) is 2. The second-order valence-corrected chi connectivity index (χ2v) is 5.87. The smallest absolute Gasteiger partial charge is 0.310 e. The van der Waals surface area contributed by atoms with Crippen molar-refractivity contribution >= 4 is 17.6 Å². The van der Waals surface area contributed by atoms with E-state index in [0.29, 0.717) is 17.9 Å². The molecule has 1 aromatic carbocycles. The van der Waals surface area contributed by atoms with Crippen molar-refractivity contribution < 1.29 is 24.2 Å². The first-order valence-corrected chi connectivity index (χ1v) is 7.35. The first-order valence-electron chi connectivity index (χ1n) is 7.35. The fourth-order valence-electron chi connectivity index (χ4n) is 3.46. The zero-order valence-electron chi connectivity index (χ0n) is 12.5. The van der Waals surface area contributed by atoms with E-state index < -0.39 is 17.8 Å². The molecule has 1 aromatic rings. The number of benzene rings is 1. The van der Waals surface area contributed by atoms with Gasteiger partial charge in [-0.3, -0.25) is 9.59 Å². The van der Waals surface area contributed by atoms with Crippen molar-refractivity contribution in [2.45, 2.75) is 32.0 Å². The molecule has 0 unspecified atom stereocenters. The summed E-state index contributed by atoms with van der Waals surface area (Å²) < 4.78 is 10.9. The number of carbonyl (C=O) groups is 2. The highest BCUT2D eigenvalue weighted by atomic mass is 16.5. The summed E-state index contributed by atoms with van der Waals surface area (Å²) in [6.07, 6.45) is 0.788. The standard InChI is InChI=1S/C16H19NO5/c1-8-3-4-10(21-2)9(7-8)17-15(18)13-11-5-6-12(22-11)14(13)16(19)20/h3-4,7,11-14H,5-6H2,1-2H3,(H,17,18)(H,19,20)/t11-,12-,13-,14-/m0/s1. The maximum absolute atomic E-state index is 12.6. The highest BCUT2D eigenvalue weighted by molar-refractivity contribution is 5.97. The summed E-state index contributed by atoms with van der Waals surface area (Å²) in [5, 5.41) is 12.2. The maximum atomic E-state index is 12.6. The summed E-state index contributed by atoms with van der Waals surface area (Å²) >= 11 is 0. The van der Waals surface area contributed by atoms with E-state index in [1.807, 2.05) is 13.0 Å². The van der Waals surface area contributed by atoms with E-state index >= 15 is 0 Å². The number of ether oxygens (including phenoxy) is 2. The van der Waals surface area contributed by atoms with Crippen molar-refractivity contribution in [3.63, 3.8) is 0 Å². The Labute approximate surface area is 128 Å². The van der Waals surface area contributed by atoms with Gasteiger partial charge in [0.1, 0.15) is 5.75 Å². The maximum Gasteiger partial charge on any atom is 0.310 e. The molecule has 1 amide bonds. The van der Waals surface area contributed by atoms with Crippen molar-refractivity contribution in [2.75, 3.05) is 12.4 Å². The Morgan fingerprint density at radius 3 is 2.59 bits per heavy atom. The molecule has 0 spiro atoms. The van der Waals surface area contributed by atoms with Crippen LogP contribution in [0.1, 0.15) is 18.4 Å². The minimum atomic E-state index is -0.969. The molecule has 2 fully saturated rings. The number of methoxy groups -OCH3 is 1. The van der Waals surface area contributed by atoms with Crippen LogP contribution in [0.2, 0.25) is 0 Å². The van der Waals surface area contributed by atoms with Crippen molar-refractivity contribution in [3.8, 4) is 5.75 Å². The van der Waals surface area contributed by atoms with Crippen molar-refractivity contribution in [1.29, 1.82) is 0 Å². The normalized spacial score (nSPS) is 29.4. The number of carboxylic acids is 1. The predicted octanol–water partition coefficient (Wildman–Crippen LogP) is 1.82. The highest BCUT2D eigenvalue weighted by Gasteiger charge is 2.55. The number of anilines is 1. The molecule has 6 nitrogen and oxygen atoms in total. The van der Waals surface area contributed by atoms with Crippen LogP contribution in [0.4, 0.5) is 5.69 Å². The molecule has 2 heterocycles. The molecule has 0 aliphatic carbocycles. The topological polar surface area (TPSA) is 84.9 Å². The van der Waals surface area contributed by atoms with Gasteiger partial charge in [0.15, 0.2) is 0 Å². The first kappa shape index (κ1) is 14.8. The Bertz CT molecular complexity index is 615. The summed E-state index contributed by atoms with van der Waals surface area (Å²) in [4.78, 5) is 24.0. The molecule has 4 atom stereocenters. The Morgan fingerprint density at radius 2 is 1.95 bits per heavy atom. The third kappa shape index (κ3) is 2.43. The van der Waals surface area contributed by atoms with Gasteiger partial charge in [-0.1, -0.05) is 6.07 Å². The molecule has 0 radical (unpaired) electrons. The first-order chi connectivity index (χ1) is 10.5. The van der Waals surface area contributed by atoms with E-state index in [0.717, 1.165) is 12.0 Å². The number of carboxylic acid groups (broad SMARTS) is 1. The number of aryl methyl sites for hydroxylation is 1. The average Bonchev–Trinajstić information content (AvgIpc) is 3.08. The summed E-state index contributed by atoms with van der Waals surface area (Å²) in [5.74, 6) is -2.15. The van der Waals surface area contributed by atoms with Gasteiger partial charge in [-0.15, -0.1) is 0 Å². The van der Waals surface area contributed by atoms with Crippen LogP contribution in [0, 0.1) is 18.8 Å². The Kier molecular flexibility index (Phi) is 3.78. The number of hydrogen-bond acceptors (Lipinski definition) is 4. The van der Waals surface area contributed by atoms with Crippen LogP contribution in [0.25, 0.3) is 0 Å². The number of amides is 1. The third-order valence-corrected chi connectivity index (χ3v) is 4.47. The minimum Gasteiger partial charge on any atom is -0.495 e. The average molecular weight is 305 g/mol. The molecular formula is C16H19NO5. The van der Waals surface area contributed by atoms with E-state index in [4.69, 9.17) is 9.47 Å². The number of nitrogens with one attached hydrogen (secondary N) is 1. The van der Waals surface area contributed by atoms with Gasteiger partial charge < -0.3 is 19.9 Å². The molecule has 2 aliphatic rings. The second kappa shape index (κ2) is 5.61. The molecule has 2 aliphatic heterocycles. The van der Waals surface area contributed by atoms with Crippen LogP contribution in [0.5, 0.6) is 5.75 Å². The summed E-state index contributed by atoms with van der Waals surface area (Å²) in [5.41, 5.74) is 1.54. The lowest BCUT2D eigenvalue weighted by Crippen LogP contribution is -2.41. The highest BCUT2D eigenvalue weighted by Crippen LogP contribution is 2.44. The number of rotatable bonds is 4. The number of fused-ring (bicyclic) bond motifs is 2. The van der Waals surface area contributed by atoms with Gasteiger partial charge in [-0.05, 0) is 37.5 Å². The monoisotopic (exact) mass is 305 g/mol. The van der Waals surface area contributed by atoms with E-state index in [9.17, 15) is 14.7 Å². The van der Waals surface area contributed by atoms with E-state index in [1.54, 1.807) is 12.1 Å². The quantitative estimate of drug-likeness (QED) is 0.886. The van der Waals surface area contributed by atoms with Crippen molar-refractivity contribution in [2.24, 2.45) is 11.8 Å². The van der Waals surface area contributed by atoms with Crippen molar-refractivity contribution in [1.82, 2.24) is 0 Å². The molecule has 6 heteroatoms. The third-order valence-electron chi connectivity index (χ3n) is 4.47. The van der Waals surface area contributed by atoms with Crippen LogP contribution in [0.3, 0.4) is 0 Å². The molecular weight excluding hydrogens is 286 g/mol. The van der Waals surface area contributed by atoms with Crippen LogP contribution in [-0.2, 0) is 14.3 Å². The lowest BCUT2D eigenvalue weighted by molar-refractivity contribution is -0.147. The van der Waals surface area contributed by atoms with Crippen LogP contribution in [-0.4, -0.2) is 36.3 Å². The predicted molar refractivity (Wildman–Crippen MR) is 78.9 cm³/mol. The molecule has 2 saturated heterocycles. The van der Waals surface area contributed by atoms with Crippen molar-refractivity contribution in [3.05, 3.63) is 23.8 Å². The zero-order chi connectivity index (χ0) is 15.9. The van der Waals surface area contributed by atoms with Crippen LogP contribution in [0.15, 0.2) is 18.2 Å². The summed E-state index contributed by atoms with van der Waals surface area (Å²) in [6.45, 7) is 1.91. The Morgan fingerprint density at radius 1 is 1.27 bits per heavy atom. The van der Waals surface area contributed by atoms with Crippen LogP contribution >= 0.6 is 0 Å². The minimum absolute atomic E-state index is 0.304. The lowest BCUT2D eigenvalue weighted by atomic mass is 9.78. The number of aliphatic carboxylic acids is 1. The SMILES string of the molecule is COc1ccc(C)cc1NC(=O)[C@@H]1[C@@H](C(=O)O)[C@@H]2CC[C@@H]1O2. The largest absolute Gasteiger partial charge is 0.495 e. The molecule has 118 valence electrons. The summed E-state index contributed by atoms with van der Waals surface area (Å²) in [7, 11) is 1.53. The van der Waals surface area contributed by atoms with Gasteiger partial charge in [-0.2, -0.15) is 0 Å². The van der Waals surface area contributed by atoms with Gasteiger partial charge in [0.25, 0.3) is 0 Å². The molecule has 0 saturated carbocycles. The van der Waals surface area contributed by atoms with E-state index in [2.05, 4.69) is 5.32 Å². The van der Waals surface area contributed by atoms with E-state index in [-0.39, 0.29) is 18.1 Å². The molecule has 2 N–H and O–H groups in total. The lowest BCUT2D eigenvalue weighted by Gasteiger charge is -2.24. The molecule has 22 heavy (non-hydrogen) atoms. The summed E-state index contributed by atoms with van der Waals surface area (Å²) in [6, 6.07) is 5.46. The Balaban J connectivity index is 1.82.